The van der Waals surface area contributed by atoms with Gasteiger partial charge in [-0.15, -0.1) is 0 Å². The summed E-state index contributed by atoms with van der Waals surface area (Å²) in [5, 5.41) is 0.571. The lowest BCUT2D eigenvalue weighted by Crippen LogP contribution is -2.39. The minimum absolute atomic E-state index is 0.0909. The topological polar surface area (TPSA) is 55.2 Å². The van der Waals surface area contributed by atoms with Gasteiger partial charge in [0.2, 0.25) is 5.91 Å². The van der Waals surface area contributed by atoms with Crippen LogP contribution >= 0.6 is 0 Å². The lowest BCUT2D eigenvalue weighted by molar-refractivity contribution is -0.135. The molecule has 1 unspecified atom stereocenters. The first-order chi connectivity index (χ1) is 14.3. The van der Waals surface area contributed by atoms with Gasteiger partial charge in [-0.3, -0.25) is 14.2 Å². The molecule has 5 heteroatoms. The number of hydrogen-bond acceptors (Lipinski definition) is 3. The average molecular weight is 406 g/mol. The van der Waals surface area contributed by atoms with Crippen LogP contribution in [0.4, 0.5) is 0 Å². The van der Waals surface area contributed by atoms with Crippen molar-refractivity contribution in [1.29, 1.82) is 0 Å². The van der Waals surface area contributed by atoms with Crippen molar-refractivity contribution in [2.45, 2.75) is 47.1 Å². The van der Waals surface area contributed by atoms with E-state index in [-0.39, 0.29) is 23.4 Å². The van der Waals surface area contributed by atoms with Crippen molar-refractivity contribution in [3.8, 4) is 5.69 Å². The Morgan fingerprint density at radius 1 is 0.933 bits per heavy atom. The smallest absolute Gasteiger partial charge is 0.266 e. The van der Waals surface area contributed by atoms with Gasteiger partial charge < -0.3 is 4.90 Å². The predicted octanol–water partition coefficient (Wildman–Crippen LogP) is 4.98. The second-order valence-corrected chi connectivity index (χ2v) is 8.68. The summed E-state index contributed by atoms with van der Waals surface area (Å²) in [6.45, 7) is 10.9. The zero-order chi connectivity index (χ0) is 21.8. The van der Waals surface area contributed by atoms with Crippen LogP contribution in [0.2, 0.25) is 0 Å². The van der Waals surface area contributed by atoms with Crippen molar-refractivity contribution in [2.24, 2.45) is 11.8 Å². The van der Waals surface area contributed by atoms with Gasteiger partial charge in [-0.05, 0) is 43.0 Å². The molecule has 2 aromatic carbocycles. The molecule has 1 atom stereocenters. The number of benzene rings is 2. The van der Waals surface area contributed by atoms with E-state index in [1.807, 2.05) is 74.2 Å². The van der Waals surface area contributed by atoms with Gasteiger partial charge in [0.15, 0.2) is 0 Å². The molecule has 1 aromatic heterocycles. The Labute approximate surface area is 178 Å². The third-order valence-electron chi connectivity index (χ3n) is 5.12. The van der Waals surface area contributed by atoms with Crippen molar-refractivity contribution in [3.63, 3.8) is 0 Å². The number of carbonyl (C=O) groups is 1. The Bertz CT molecular complexity index is 1070. The number of nitrogens with zero attached hydrogens (tertiary/aromatic N) is 3. The van der Waals surface area contributed by atoms with Gasteiger partial charge >= 0.3 is 0 Å². The summed E-state index contributed by atoms with van der Waals surface area (Å²) < 4.78 is 1.66. The van der Waals surface area contributed by atoms with Crippen LogP contribution in [0.3, 0.4) is 0 Å². The molecule has 0 spiro atoms. The van der Waals surface area contributed by atoms with Gasteiger partial charge in [-0.25, -0.2) is 4.98 Å². The second kappa shape index (κ2) is 9.24. The lowest BCUT2D eigenvalue weighted by atomic mass is 10.1. The normalized spacial score (nSPS) is 12.5. The van der Waals surface area contributed by atoms with Crippen molar-refractivity contribution < 1.29 is 4.79 Å². The molecule has 0 radical (unpaired) electrons. The third-order valence-corrected chi connectivity index (χ3v) is 5.12. The highest BCUT2D eigenvalue weighted by Crippen LogP contribution is 2.25. The molecule has 1 heterocycles. The first kappa shape index (κ1) is 21.8. The second-order valence-electron chi connectivity index (χ2n) is 8.68. The minimum Gasteiger partial charge on any atom is -0.333 e. The maximum absolute atomic E-state index is 13.5. The summed E-state index contributed by atoms with van der Waals surface area (Å²) in [4.78, 5) is 33.3. The van der Waals surface area contributed by atoms with E-state index in [1.165, 1.54) is 0 Å². The first-order valence-electron chi connectivity index (χ1n) is 10.7. The van der Waals surface area contributed by atoms with E-state index in [4.69, 9.17) is 4.98 Å². The quantitative estimate of drug-likeness (QED) is 0.557. The van der Waals surface area contributed by atoms with Crippen LogP contribution < -0.4 is 5.56 Å². The standard InChI is InChI=1S/C25H31N3O2/c1-17(2)15-23(29)27(16-18(3)4)19(5)24-26-22-14-10-9-13-21(22)25(30)28(24)20-11-7-6-8-12-20/h6-14,17-19H,15-16H2,1-5H3. The van der Waals surface area contributed by atoms with Crippen LogP contribution in [-0.2, 0) is 4.79 Å². The van der Waals surface area contributed by atoms with E-state index in [0.29, 0.717) is 35.6 Å². The molecule has 0 fully saturated rings. The molecular weight excluding hydrogens is 374 g/mol. The van der Waals surface area contributed by atoms with E-state index in [2.05, 4.69) is 13.8 Å². The number of rotatable bonds is 7. The molecule has 0 bridgehead atoms. The minimum atomic E-state index is -0.337. The van der Waals surface area contributed by atoms with E-state index in [1.54, 1.807) is 10.6 Å². The molecule has 0 saturated carbocycles. The lowest BCUT2D eigenvalue weighted by Gasteiger charge is -2.32. The molecule has 0 aliphatic rings. The van der Waals surface area contributed by atoms with Crippen molar-refractivity contribution in [1.82, 2.24) is 14.5 Å². The molecule has 0 aliphatic heterocycles. The largest absolute Gasteiger partial charge is 0.333 e. The van der Waals surface area contributed by atoms with Crippen LogP contribution in [0, 0.1) is 11.8 Å². The molecule has 3 aromatic rings. The maximum Gasteiger partial charge on any atom is 0.266 e. The SMILES string of the molecule is CC(C)CC(=O)N(CC(C)C)C(C)c1nc2ccccc2c(=O)n1-c1ccccc1. The highest BCUT2D eigenvalue weighted by molar-refractivity contribution is 5.79. The molecule has 30 heavy (non-hydrogen) atoms. The number of aromatic nitrogens is 2. The van der Waals surface area contributed by atoms with Gasteiger partial charge in [-0.2, -0.15) is 0 Å². The predicted molar refractivity (Wildman–Crippen MR) is 122 cm³/mol. The van der Waals surface area contributed by atoms with Crippen molar-refractivity contribution in [3.05, 3.63) is 70.8 Å². The van der Waals surface area contributed by atoms with E-state index < -0.39 is 0 Å². The summed E-state index contributed by atoms with van der Waals surface area (Å²) >= 11 is 0. The summed E-state index contributed by atoms with van der Waals surface area (Å²) in [6, 6.07) is 16.6. The fraction of sp³-hybridized carbons (Fsp3) is 0.400. The molecule has 0 aliphatic carbocycles. The summed E-state index contributed by atoms with van der Waals surface area (Å²) in [7, 11) is 0. The average Bonchev–Trinajstić information content (AvgIpc) is 2.71. The number of hydrogen-bond donors (Lipinski definition) is 0. The highest BCUT2D eigenvalue weighted by Gasteiger charge is 2.27. The molecule has 158 valence electrons. The number of carbonyl (C=O) groups excluding carboxylic acids is 1. The van der Waals surface area contributed by atoms with E-state index in [0.717, 1.165) is 5.69 Å². The van der Waals surface area contributed by atoms with Crippen LogP contribution in [0.15, 0.2) is 59.4 Å². The Morgan fingerprint density at radius 3 is 2.20 bits per heavy atom. The molecule has 5 nitrogen and oxygen atoms in total. The summed E-state index contributed by atoms with van der Waals surface area (Å²) in [6.07, 6.45) is 0.472. The Morgan fingerprint density at radius 2 is 1.57 bits per heavy atom. The molecule has 3 rings (SSSR count). The monoisotopic (exact) mass is 405 g/mol. The van der Waals surface area contributed by atoms with Crippen LogP contribution in [0.5, 0.6) is 0 Å². The molecule has 0 saturated heterocycles. The van der Waals surface area contributed by atoms with Crippen LogP contribution in [0.25, 0.3) is 16.6 Å². The molecule has 0 N–H and O–H groups in total. The van der Waals surface area contributed by atoms with Gasteiger partial charge in [0.25, 0.3) is 5.56 Å². The first-order valence-corrected chi connectivity index (χ1v) is 10.7. The summed E-state index contributed by atoms with van der Waals surface area (Å²) in [5.41, 5.74) is 1.29. The van der Waals surface area contributed by atoms with Crippen molar-refractivity contribution in [2.75, 3.05) is 6.54 Å². The Kier molecular flexibility index (Phi) is 6.70. The third kappa shape index (κ3) is 4.61. The number of para-hydroxylation sites is 2. The van der Waals surface area contributed by atoms with Crippen LogP contribution in [0.1, 0.15) is 52.9 Å². The van der Waals surface area contributed by atoms with Crippen LogP contribution in [-0.4, -0.2) is 26.9 Å². The number of amides is 1. The summed E-state index contributed by atoms with van der Waals surface area (Å²) in [5.74, 6) is 1.25. The highest BCUT2D eigenvalue weighted by atomic mass is 16.2. The Hall–Kier alpha value is -2.95. The van der Waals surface area contributed by atoms with E-state index >= 15 is 0 Å². The van der Waals surface area contributed by atoms with Crippen molar-refractivity contribution >= 4 is 16.8 Å². The van der Waals surface area contributed by atoms with E-state index in [9.17, 15) is 9.59 Å². The number of fused-ring (bicyclic) bond motifs is 1. The molecule has 1 amide bonds. The van der Waals surface area contributed by atoms with Gasteiger partial charge in [0.05, 0.1) is 22.6 Å². The van der Waals surface area contributed by atoms with Gasteiger partial charge in [-0.1, -0.05) is 58.0 Å². The van der Waals surface area contributed by atoms with Gasteiger partial charge in [0.1, 0.15) is 5.82 Å². The fourth-order valence-electron chi connectivity index (χ4n) is 3.73. The Balaban J connectivity index is 2.21. The zero-order valence-corrected chi connectivity index (χ0v) is 18.5. The fourth-order valence-corrected chi connectivity index (χ4v) is 3.73. The zero-order valence-electron chi connectivity index (χ0n) is 18.5. The maximum atomic E-state index is 13.5. The molecular formula is C25H31N3O2. The van der Waals surface area contributed by atoms with Gasteiger partial charge in [0, 0.05) is 13.0 Å².